The summed E-state index contributed by atoms with van der Waals surface area (Å²) in [5.74, 6) is 1.84. The number of hydrogen-bond donors (Lipinski definition) is 0. The molecule has 0 unspecified atom stereocenters. The first kappa shape index (κ1) is 35.2. The maximum atomic E-state index is 5.52. The minimum absolute atomic E-state index is 0. The van der Waals surface area contributed by atoms with Crippen molar-refractivity contribution < 1.29 is 57.0 Å². The molecule has 226 valence electrons. The standard InChI is InChI=1S/2C20H15O.2ClH.Si.Zr/c2*1-14-10-16-12-17(20-8-5-9-21-20)13-19(16)18(11-14)15-6-3-2-4-7-15;;;;/h2*2-13H,1H3;2*1H;;/q2*-1;;;;+2/p-2. The van der Waals surface area contributed by atoms with Crippen LogP contribution in [0.1, 0.15) is 11.1 Å². The Hall–Kier alpha value is -3.66. The molecule has 46 heavy (non-hydrogen) atoms. The molecule has 2 nitrogen and oxygen atoms in total. The summed E-state index contributed by atoms with van der Waals surface area (Å²) >= 11 is 1.36. The average Bonchev–Trinajstić information content (AvgIpc) is 3.89. The second-order valence-electron chi connectivity index (χ2n) is 10.8. The summed E-state index contributed by atoms with van der Waals surface area (Å²) in [6.45, 7) is 7.35. The molecule has 0 N–H and O–H groups in total. The van der Waals surface area contributed by atoms with E-state index in [0.29, 0.717) is 0 Å². The first-order valence-corrected chi connectivity index (χ1v) is 18.7. The van der Waals surface area contributed by atoms with Crippen molar-refractivity contribution in [2.75, 3.05) is 0 Å². The van der Waals surface area contributed by atoms with Gasteiger partial charge in [-0.3, -0.25) is 0 Å². The van der Waals surface area contributed by atoms with Crippen molar-refractivity contribution in [3.05, 3.63) is 157 Å². The SMILES string of the molecule is Cc1cc(-c2ccccc2)c2cc(-c3ccco3)[cH-]c2c1.Cc1cc(-c2ccccc2)c2cc(-c3ccco3)[cH-]c2c1.[Cl-].[Cl-].[Si]=[Zr+2]. The van der Waals surface area contributed by atoms with Gasteiger partial charge in [-0.15, -0.1) is 57.9 Å². The van der Waals surface area contributed by atoms with E-state index in [9.17, 15) is 0 Å². The normalized spacial score (nSPS) is 10.3. The molecule has 0 aliphatic carbocycles. The third-order valence-corrected chi connectivity index (χ3v) is 7.72. The number of halogens is 2. The molecule has 0 bridgehead atoms. The van der Waals surface area contributed by atoms with Crippen LogP contribution in [0.3, 0.4) is 0 Å². The maximum absolute atomic E-state index is 5.52. The van der Waals surface area contributed by atoms with E-state index in [0.717, 1.165) is 22.6 Å². The third-order valence-electron chi connectivity index (χ3n) is 7.72. The molecule has 2 aromatic heterocycles. The molecular formula is C40H30Cl2O2SiZr-2. The Labute approximate surface area is 299 Å². The molecule has 0 saturated carbocycles. The molecule has 0 aliphatic heterocycles. The van der Waals surface area contributed by atoms with Crippen LogP contribution < -0.4 is 24.8 Å². The Kier molecular flexibility index (Phi) is 12.4. The van der Waals surface area contributed by atoms with E-state index in [-0.39, 0.29) is 24.8 Å². The van der Waals surface area contributed by atoms with Crippen LogP contribution >= 0.6 is 0 Å². The van der Waals surface area contributed by atoms with Crippen molar-refractivity contribution >= 4 is 28.4 Å². The molecule has 6 heteroatoms. The van der Waals surface area contributed by atoms with E-state index in [4.69, 9.17) is 8.83 Å². The van der Waals surface area contributed by atoms with Crippen LogP contribution in [-0.4, -0.2) is 6.88 Å². The summed E-state index contributed by atoms with van der Waals surface area (Å²) in [4.78, 5) is 0. The Bertz CT molecular complexity index is 1960. The number of hydrogen-bond acceptors (Lipinski definition) is 2. The molecule has 0 saturated heterocycles. The van der Waals surface area contributed by atoms with Crippen molar-refractivity contribution in [1.82, 2.24) is 0 Å². The zero-order valence-corrected chi connectivity index (χ0v) is 30.4. The van der Waals surface area contributed by atoms with Crippen molar-refractivity contribution in [3.63, 3.8) is 0 Å². The number of aryl methyl sites for hydroxylation is 2. The van der Waals surface area contributed by atoms with Gasteiger partial charge in [0.15, 0.2) is 0 Å². The molecular weight excluding hydrogens is 703 g/mol. The Morgan fingerprint density at radius 1 is 0.500 bits per heavy atom. The Balaban J connectivity index is 0.000000190. The molecule has 0 amide bonds. The van der Waals surface area contributed by atoms with Crippen molar-refractivity contribution in [2.45, 2.75) is 13.8 Å². The first-order valence-electron chi connectivity index (χ1n) is 14.5. The van der Waals surface area contributed by atoms with E-state index in [1.54, 1.807) is 12.5 Å². The van der Waals surface area contributed by atoms with Crippen molar-refractivity contribution in [2.24, 2.45) is 0 Å². The molecule has 0 spiro atoms. The first-order chi connectivity index (χ1) is 21.6. The van der Waals surface area contributed by atoms with E-state index >= 15 is 0 Å². The number of rotatable bonds is 4. The van der Waals surface area contributed by atoms with Gasteiger partial charge >= 0.3 is 30.2 Å². The quantitative estimate of drug-likeness (QED) is 0.184. The van der Waals surface area contributed by atoms with Gasteiger partial charge in [0.2, 0.25) is 0 Å². The monoisotopic (exact) mass is 730 g/mol. The summed E-state index contributed by atoms with van der Waals surface area (Å²) in [5, 5.41) is 5.08. The Morgan fingerprint density at radius 2 is 0.891 bits per heavy atom. The van der Waals surface area contributed by atoms with Crippen LogP contribution in [0, 0.1) is 13.8 Å². The van der Waals surface area contributed by atoms with Crippen molar-refractivity contribution in [1.29, 1.82) is 0 Å². The molecule has 6 aromatic carbocycles. The fourth-order valence-corrected chi connectivity index (χ4v) is 5.82. The van der Waals surface area contributed by atoms with Gasteiger partial charge in [0.05, 0.1) is 24.0 Å². The van der Waals surface area contributed by atoms with Gasteiger partial charge in [-0.1, -0.05) is 118 Å². The second-order valence-corrected chi connectivity index (χ2v) is 10.8. The fraction of sp³-hybridized carbons (Fsp3) is 0.0500. The summed E-state index contributed by atoms with van der Waals surface area (Å²) in [7, 11) is 0. The van der Waals surface area contributed by atoms with Gasteiger partial charge in [-0.25, -0.2) is 0 Å². The third kappa shape index (κ3) is 7.65. The summed E-state index contributed by atoms with van der Waals surface area (Å²) in [6.07, 6.45) is 3.44. The van der Waals surface area contributed by atoms with Gasteiger partial charge in [-0.05, 0) is 37.1 Å². The van der Waals surface area contributed by atoms with Gasteiger partial charge in [0, 0.05) is 0 Å². The molecule has 0 fully saturated rings. The minimum atomic E-state index is 0. The van der Waals surface area contributed by atoms with E-state index < -0.39 is 0 Å². The van der Waals surface area contributed by atoms with Crippen LogP contribution in [0.2, 0.25) is 0 Å². The van der Waals surface area contributed by atoms with Crippen molar-refractivity contribution in [3.8, 4) is 44.9 Å². The zero-order valence-electron chi connectivity index (χ0n) is 25.4. The topological polar surface area (TPSA) is 26.3 Å². The zero-order chi connectivity index (χ0) is 30.5. The van der Waals surface area contributed by atoms with E-state index in [2.05, 4.69) is 130 Å². The van der Waals surface area contributed by atoms with Gasteiger partial charge in [0.25, 0.3) is 0 Å². The molecule has 8 aromatic rings. The Morgan fingerprint density at radius 3 is 1.24 bits per heavy atom. The molecule has 8 rings (SSSR count). The van der Waals surface area contributed by atoms with Gasteiger partial charge < -0.3 is 33.6 Å². The number of furan rings is 2. The predicted octanol–water partition coefficient (Wildman–Crippen LogP) is 5.21. The van der Waals surface area contributed by atoms with Crippen LogP contribution in [0.4, 0.5) is 0 Å². The van der Waals surface area contributed by atoms with Gasteiger partial charge in [0.1, 0.15) is 0 Å². The average molecular weight is 733 g/mol. The van der Waals surface area contributed by atoms with Crippen LogP contribution in [0.15, 0.2) is 155 Å². The van der Waals surface area contributed by atoms with E-state index in [1.807, 2.05) is 24.3 Å². The number of benzene rings is 4. The summed E-state index contributed by atoms with van der Waals surface area (Å²) in [6, 6.07) is 46.7. The number of fused-ring (bicyclic) bond motifs is 2. The van der Waals surface area contributed by atoms with Crippen LogP contribution in [0.25, 0.3) is 66.4 Å². The molecule has 2 radical (unpaired) electrons. The molecule has 2 heterocycles. The van der Waals surface area contributed by atoms with Crippen LogP contribution in [0.5, 0.6) is 0 Å². The summed E-state index contributed by atoms with van der Waals surface area (Å²) in [5.41, 5.74) is 9.89. The predicted molar refractivity (Wildman–Crippen MR) is 181 cm³/mol. The molecule has 0 aliphatic rings. The fourth-order valence-electron chi connectivity index (χ4n) is 5.82. The second kappa shape index (κ2) is 16.3. The van der Waals surface area contributed by atoms with Crippen LogP contribution in [-0.2, 0) is 23.3 Å². The van der Waals surface area contributed by atoms with Gasteiger partial charge in [-0.2, -0.15) is 0 Å². The summed E-state index contributed by atoms with van der Waals surface area (Å²) < 4.78 is 11.0. The van der Waals surface area contributed by atoms with E-state index in [1.165, 1.54) is 78.3 Å². The molecule has 0 atom stereocenters.